The summed E-state index contributed by atoms with van der Waals surface area (Å²) in [4.78, 5) is 3.94. The Hall–Kier alpha value is -0.130. The number of pyridine rings is 1. The largest absolute Gasteiger partial charge is 0.263 e. The van der Waals surface area contributed by atoms with E-state index in [-0.39, 0.29) is 4.90 Å². The number of hydrogen-bond donors (Lipinski definition) is 0. The molecule has 0 unspecified atom stereocenters. The first-order valence-electron chi connectivity index (χ1n) is 2.99. The third-order valence-corrected chi connectivity index (χ3v) is 3.16. The SMILES string of the molecule is Cc1nc(Br)ccc1S(=O)(=O)Cl. The van der Waals surface area contributed by atoms with Gasteiger partial charge in [0.15, 0.2) is 0 Å². The van der Waals surface area contributed by atoms with Crippen LogP contribution in [-0.2, 0) is 9.05 Å². The predicted molar refractivity (Wildman–Crippen MR) is 49.7 cm³/mol. The van der Waals surface area contributed by atoms with Gasteiger partial charge in [0.25, 0.3) is 9.05 Å². The van der Waals surface area contributed by atoms with Gasteiger partial charge in [0.05, 0.1) is 5.69 Å². The van der Waals surface area contributed by atoms with Crippen molar-refractivity contribution in [3.05, 3.63) is 22.4 Å². The predicted octanol–water partition coefficient (Wildman–Crippen LogP) is 2.08. The third-order valence-electron chi connectivity index (χ3n) is 1.27. The highest BCUT2D eigenvalue weighted by Gasteiger charge is 2.13. The van der Waals surface area contributed by atoms with E-state index in [1.54, 1.807) is 6.92 Å². The molecule has 1 aromatic rings. The van der Waals surface area contributed by atoms with Crippen LogP contribution in [0.25, 0.3) is 0 Å². The number of aromatic nitrogens is 1. The van der Waals surface area contributed by atoms with E-state index in [9.17, 15) is 8.42 Å². The lowest BCUT2D eigenvalue weighted by Crippen LogP contribution is -1.96. The molecule has 66 valence electrons. The molecule has 0 spiro atoms. The summed E-state index contributed by atoms with van der Waals surface area (Å²) < 4.78 is 22.3. The van der Waals surface area contributed by atoms with Crippen LogP contribution in [0.1, 0.15) is 5.69 Å². The fourth-order valence-electron chi connectivity index (χ4n) is 0.775. The molecule has 0 bridgehead atoms. The van der Waals surface area contributed by atoms with Crippen LogP contribution in [0.3, 0.4) is 0 Å². The molecule has 0 atom stereocenters. The highest BCUT2D eigenvalue weighted by atomic mass is 79.9. The summed E-state index contributed by atoms with van der Waals surface area (Å²) in [6, 6.07) is 2.94. The molecule has 6 heteroatoms. The van der Waals surface area contributed by atoms with E-state index < -0.39 is 9.05 Å². The van der Waals surface area contributed by atoms with Gasteiger partial charge in [0.2, 0.25) is 0 Å². The van der Waals surface area contributed by atoms with E-state index in [0.717, 1.165) is 0 Å². The molecule has 1 aromatic heterocycles. The smallest absolute Gasteiger partial charge is 0.245 e. The lowest BCUT2D eigenvalue weighted by Gasteiger charge is -1.99. The van der Waals surface area contributed by atoms with E-state index in [0.29, 0.717) is 10.3 Å². The molecule has 3 nitrogen and oxygen atoms in total. The average Bonchev–Trinajstić information content (AvgIpc) is 1.83. The Morgan fingerprint density at radius 3 is 2.50 bits per heavy atom. The van der Waals surface area contributed by atoms with Crippen molar-refractivity contribution in [2.45, 2.75) is 11.8 Å². The van der Waals surface area contributed by atoms with Gasteiger partial charge in [0, 0.05) is 10.7 Å². The maximum Gasteiger partial charge on any atom is 0.263 e. The lowest BCUT2D eigenvalue weighted by atomic mass is 10.4. The first-order chi connectivity index (χ1) is 5.41. The van der Waals surface area contributed by atoms with Gasteiger partial charge in [-0.15, -0.1) is 0 Å². The highest BCUT2D eigenvalue weighted by Crippen LogP contribution is 2.19. The fourth-order valence-corrected chi connectivity index (χ4v) is 2.29. The summed E-state index contributed by atoms with van der Waals surface area (Å²) in [5.74, 6) is 0. The standard InChI is InChI=1S/C6H5BrClNO2S/c1-4-5(12(8,10)11)2-3-6(7)9-4/h2-3H,1H3. The van der Waals surface area contributed by atoms with Gasteiger partial charge in [0.1, 0.15) is 9.50 Å². The Kier molecular flexibility index (Phi) is 2.75. The van der Waals surface area contributed by atoms with Crippen LogP contribution < -0.4 is 0 Å². The van der Waals surface area contributed by atoms with Crippen LogP contribution in [0.4, 0.5) is 0 Å². The summed E-state index contributed by atoms with van der Waals surface area (Å²) in [5.41, 5.74) is 0.388. The first kappa shape index (κ1) is 9.95. The van der Waals surface area contributed by atoms with Crippen molar-refractivity contribution in [1.29, 1.82) is 0 Å². The van der Waals surface area contributed by atoms with Gasteiger partial charge >= 0.3 is 0 Å². The highest BCUT2D eigenvalue weighted by molar-refractivity contribution is 9.10. The Balaban J connectivity index is 3.39. The zero-order valence-corrected chi connectivity index (χ0v) is 9.24. The van der Waals surface area contributed by atoms with Crippen molar-refractivity contribution >= 4 is 35.7 Å². The topological polar surface area (TPSA) is 47.0 Å². The van der Waals surface area contributed by atoms with Crippen LogP contribution in [0.2, 0.25) is 0 Å². The summed E-state index contributed by atoms with van der Waals surface area (Å²) in [6.07, 6.45) is 0. The maximum absolute atomic E-state index is 10.9. The molecule has 0 aliphatic rings. The molecule has 0 aromatic carbocycles. The van der Waals surface area contributed by atoms with Gasteiger partial charge in [-0.1, -0.05) is 0 Å². The number of hydrogen-bond acceptors (Lipinski definition) is 3. The van der Waals surface area contributed by atoms with E-state index in [2.05, 4.69) is 20.9 Å². The summed E-state index contributed by atoms with van der Waals surface area (Å²) in [7, 11) is 1.47. The summed E-state index contributed by atoms with van der Waals surface area (Å²) in [5, 5.41) is 0. The van der Waals surface area contributed by atoms with Gasteiger partial charge in [-0.2, -0.15) is 0 Å². The summed E-state index contributed by atoms with van der Waals surface area (Å²) >= 11 is 3.11. The number of aryl methyl sites for hydroxylation is 1. The second-order valence-electron chi connectivity index (χ2n) is 2.16. The van der Waals surface area contributed by atoms with Crippen molar-refractivity contribution < 1.29 is 8.42 Å². The van der Waals surface area contributed by atoms with Crippen LogP contribution in [0, 0.1) is 6.92 Å². The molecule has 0 radical (unpaired) electrons. The third kappa shape index (κ3) is 2.18. The molecule has 0 saturated heterocycles. The molecule has 0 saturated carbocycles. The van der Waals surface area contributed by atoms with Gasteiger partial charge in [-0.05, 0) is 35.0 Å². The molecular weight excluding hydrogens is 265 g/mol. The Morgan fingerprint density at radius 1 is 1.50 bits per heavy atom. The van der Waals surface area contributed by atoms with E-state index in [1.165, 1.54) is 12.1 Å². The summed E-state index contributed by atoms with van der Waals surface area (Å²) in [6.45, 7) is 1.58. The van der Waals surface area contributed by atoms with E-state index >= 15 is 0 Å². The van der Waals surface area contributed by atoms with Crippen LogP contribution in [-0.4, -0.2) is 13.4 Å². The molecule has 0 aliphatic heterocycles. The van der Waals surface area contributed by atoms with Crippen LogP contribution >= 0.6 is 26.6 Å². The minimum Gasteiger partial charge on any atom is -0.245 e. The van der Waals surface area contributed by atoms with Crippen molar-refractivity contribution in [3.63, 3.8) is 0 Å². The number of nitrogens with zero attached hydrogens (tertiary/aromatic N) is 1. The molecule has 0 N–H and O–H groups in total. The second kappa shape index (κ2) is 3.32. The second-order valence-corrected chi connectivity index (χ2v) is 5.50. The van der Waals surface area contributed by atoms with Crippen LogP contribution in [0.5, 0.6) is 0 Å². The first-order valence-corrected chi connectivity index (χ1v) is 6.09. The molecule has 0 fully saturated rings. The molecule has 1 rings (SSSR count). The van der Waals surface area contributed by atoms with Crippen molar-refractivity contribution in [3.8, 4) is 0 Å². The van der Waals surface area contributed by atoms with Gasteiger partial charge in [-0.3, -0.25) is 0 Å². The Bertz CT molecular complexity index is 404. The van der Waals surface area contributed by atoms with E-state index in [1.807, 2.05) is 0 Å². The van der Waals surface area contributed by atoms with Gasteiger partial charge in [-0.25, -0.2) is 13.4 Å². The normalized spacial score (nSPS) is 11.6. The number of rotatable bonds is 1. The monoisotopic (exact) mass is 269 g/mol. The molecular formula is C6H5BrClNO2S. The zero-order valence-electron chi connectivity index (χ0n) is 6.08. The molecule has 12 heavy (non-hydrogen) atoms. The molecule has 0 aliphatic carbocycles. The number of halogens is 2. The van der Waals surface area contributed by atoms with Crippen molar-refractivity contribution in [1.82, 2.24) is 4.98 Å². The fraction of sp³-hybridized carbons (Fsp3) is 0.167. The van der Waals surface area contributed by atoms with Crippen molar-refractivity contribution in [2.75, 3.05) is 0 Å². The zero-order chi connectivity index (χ0) is 9.35. The minimum atomic E-state index is -3.66. The Labute approximate surface area is 83.3 Å². The molecule has 1 heterocycles. The Morgan fingerprint density at radius 2 is 2.08 bits per heavy atom. The minimum absolute atomic E-state index is 0.0485. The van der Waals surface area contributed by atoms with Gasteiger partial charge < -0.3 is 0 Å². The molecule has 0 amide bonds. The average molecular weight is 271 g/mol. The van der Waals surface area contributed by atoms with Crippen LogP contribution in [0.15, 0.2) is 21.6 Å². The van der Waals surface area contributed by atoms with Crippen molar-refractivity contribution in [2.24, 2.45) is 0 Å². The maximum atomic E-state index is 10.9. The lowest BCUT2D eigenvalue weighted by molar-refractivity contribution is 0.608. The van der Waals surface area contributed by atoms with E-state index in [4.69, 9.17) is 10.7 Å². The quantitative estimate of drug-likeness (QED) is 0.580.